The summed E-state index contributed by atoms with van der Waals surface area (Å²) in [6.45, 7) is 5.97. The molecule has 0 atom stereocenters. The molecule has 0 saturated carbocycles. The van der Waals surface area contributed by atoms with Gasteiger partial charge in [-0.15, -0.1) is 0 Å². The van der Waals surface area contributed by atoms with E-state index < -0.39 is 28.7 Å². The molecule has 0 saturated heterocycles. The van der Waals surface area contributed by atoms with E-state index >= 15 is 0 Å². The maximum atomic E-state index is 12.7. The number of amides is 2. The molecule has 6 nitrogen and oxygen atoms in total. The Hall–Kier alpha value is -2.13. The van der Waals surface area contributed by atoms with Crippen molar-refractivity contribution in [2.45, 2.75) is 33.4 Å². The van der Waals surface area contributed by atoms with Crippen LogP contribution in [0.5, 0.6) is 0 Å². The largest absolute Gasteiger partial charge is 0.419 e. The molecule has 1 aliphatic heterocycles. The van der Waals surface area contributed by atoms with Gasteiger partial charge in [0.1, 0.15) is 11.0 Å². The Bertz CT molecular complexity index is 778. The molecule has 0 aromatic carbocycles. The summed E-state index contributed by atoms with van der Waals surface area (Å²) in [5, 5.41) is -0.101. The second-order valence-electron chi connectivity index (χ2n) is 6.43. The van der Waals surface area contributed by atoms with Gasteiger partial charge in [-0.3, -0.25) is 15.0 Å². The molecule has 2 rings (SSSR count). The molecule has 1 aromatic rings. The summed E-state index contributed by atoms with van der Waals surface area (Å²) in [6.07, 6.45) is -3.84. The molecule has 10 heteroatoms. The summed E-state index contributed by atoms with van der Waals surface area (Å²) in [6, 6.07) is 1.71. The number of halogens is 4. The van der Waals surface area contributed by atoms with Gasteiger partial charge >= 0.3 is 6.18 Å². The van der Waals surface area contributed by atoms with E-state index in [0.29, 0.717) is 17.5 Å². The number of carbonyl (C=O) groups excluding carboxylic acids is 2. The molecule has 148 valence electrons. The van der Waals surface area contributed by atoms with Crippen LogP contribution in [0.25, 0.3) is 0 Å². The number of pyridine rings is 1. The topological polar surface area (TPSA) is 71.5 Å². The van der Waals surface area contributed by atoms with Gasteiger partial charge in [0.25, 0.3) is 11.8 Å². The molecular weight excluding hydrogens is 387 g/mol. The zero-order valence-corrected chi connectivity index (χ0v) is 15.7. The number of hydrogen-bond acceptors (Lipinski definition) is 5. The number of imide groups is 1. The highest BCUT2D eigenvalue weighted by atomic mass is 35.5. The lowest BCUT2D eigenvalue weighted by atomic mass is 10.1. The smallest absolute Gasteiger partial charge is 0.377 e. The van der Waals surface area contributed by atoms with Crippen molar-refractivity contribution >= 4 is 29.2 Å². The third kappa shape index (κ3) is 4.98. The maximum absolute atomic E-state index is 12.7. The van der Waals surface area contributed by atoms with Gasteiger partial charge in [0, 0.05) is 12.2 Å². The quantitative estimate of drug-likeness (QED) is 0.424. The van der Waals surface area contributed by atoms with Crippen LogP contribution in [0.1, 0.15) is 32.8 Å². The zero-order valence-electron chi connectivity index (χ0n) is 15.0. The molecule has 0 bridgehead atoms. The van der Waals surface area contributed by atoms with Gasteiger partial charge in [0.2, 0.25) is 0 Å². The van der Waals surface area contributed by atoms with Crippen LogP contribution in [0.15, 0.2) is 23.3 Å². The summed E-state index contributed by atoms with van der Waals surface area (Å²) in [4.78, 5) is 28.3. The van der Waals surface area contributed by atoms with Gasteiger partial charge in [0.15, 0.2) is 0 Å². The van der Waals surface area contributed by atoms with Crippen molar-refractivity contribution in [3.05, 3.63) is 34.0 Å². The normalized spacial score (nSPS) is 15.3. The number of nitrogens with one attached hydrogen (secondary N) is 1. The fraction of sp³-hybridized carbons (Fsp3) is 0.471. The van der Waals surface area contributed by atoms with Gasteiger partial charge in [-0.2, -0.15) is 18.2 Å². The van der Waals surface area contributed by atoms with Crippen molar-refractivity contribution in [1.29, 1.82) is 0 Å². The number of ether oxygens (including phenoxy) is 1. The summed E-state index contributed by atoms with van der Waals surface area (Å²) in [7, 11) is 0. The summed E-state index contributed by atoms with van der Waals surface area (Å²) < 4.78 is 43.6. The minimum absolute atomic E-state index is 0.0253. The van der Waals surface area contributed by atoms with E-state index in [-0.39, 0.29) is 23.6 Å². The Morgan fingerprint density at radius 1 is 1.26 bits per heavy atom. The van der Waals surface area contributed by atoms with Crippen molar-refractivity contribution in [2.24, 2.45) is 5.92 Å². The van der Waals surface area contributed by atoms with Crippen molar-refractivity contribution < 1.29 is 27.5 Å². The molecule has 0 fully saturated rings. The summed E-state index contributed by atoms with van der Waals surface area (Å²) >= 11 is 5.55. The minimum Gasteiger partial charge on any atom is -0.377 e. The van der Waals surface area contributed by atoms with Crippen LogP contribution < -0.4 is 5.43 Å². The second kappa shape index (κ2) is 8.26. The van der Waals surface area contributed by atoms with Crippen LogP contribution in [0.2, 0.25) is 5.15 Å². The van der Waals surface area contributed by atoms with E-state index in [2.05, 4.69) is 10.4 Å². The molecule has 1 aromatic heterocycles. The van der Waals surface area contributed by atoms with Crippen LogP contribution in [0.3, 0.4) is 0 Å². The molecule has 1 N–H and O–H groups in total. The Balaban J connectivity index is 2.07. The van der Waals surface area contributed by atoms with E-state index in [1.807, 2.05) is 13.8 Å². The number of rotatable bonds is 7. The third-order valence-corrected chi connectivity index (χ3v) is 4.19. The average Bonchev–Trinajstić information content (AvgIpc) is 2.74. The third-order valence-electron chi connectivity index (χ3n) is 3.90. The SMILES string of the molecule is CC1=C(COCCC(C)C)C(=O)N(Nc2ccc(C(F)(F)F)c(Cl)n2)C1=O. The van der Waals surface area contributed by atoms with E-state index in [4.69, 9.17) is 16.3 Å². The first kappa shape index (κ1) is 21.2. The van der Waals surface area contributed by atoms with Gasteiger partial charge in [-0.1, -0.05) is 25.4 Å². The van der Waals surface area contributed by atoms with Crippen LogP contribution in [-0.4, -0.2) is 35.0 Å². The van der Waals surface area contributed by atoms with Gasteiger partial charge in [-0.25, -0.2) is 4.98 Å². The fourth-order valence-electron chi connectivity index (χ4n) is 2.27. The molecule has 0 unspecified atom stereocenters. The van der Waals surface area contributed by atoms with Crippen LogP contribution in [0.4, 0.5) is 19.0 Å². The number of hydrazine groups is 1. The molecular formula is C17H19ClF3N3O3. The van der Waals surface area contributed by atoms with Crippen LogP contribution >= 0.6 is 11.6 Å². The zero-order chi connectivity index (χ0) is 20.4. The molecule has 27 heavy (non-hydrogen) atoms. The molecule has 0 aliphatic carbocycles. The fourth-order valence-corrected chi connectivity index (χ4v) is 2.53. The lowest BCUT2D eigenvalue weighted by Gasteiger charge is -2.18. The maximum Gasteiger partial charge on any atom is 0.419 e. The number of aromatic nitrogens is 1. The first-order valence-electron chi connectivity index (χ1n) is 8.19. The van der Waals surface area contributed by atoms with Crippen molar-refractivity contribution in [3.8, 4) is 0 Å². The second-order valence-corrected chi connectivity index (χ2v) is 6.79. The highest BCUT2D eigenvalue weighted by molar-refractivity contribution is 6.30. The molecule has 0 spiro atoms. The molecule has 0 radical (unpaired) electrons. The van der Waals surface area contributed by atoms with E-state index in [1.54, 1.807) is 0 Å². The average molecular weight is 406 g/mol. The first-order chi connectivity index (χ1) is 12.5. The lowest BCUT2D eigenvalue weighted by Crippen LogP contribution is -2.37. The molecule has 2 amide bonds. The van der Waals surface area contributed by atoms with Crippen molar-refractivity contribution in [2.75, 3.05) is 18.6 Å². The Kier molecular flexibility index (Phi) is 6.48. The van der Waals surface area contributed by atoms with E-state index in [9.17, 15) is 22.8 Å². The number of hydrogen-bond donors (Lipinski definition) is 1. The molecule has 2 heterocycles. The monoisotopic (exact) mass is 405 g/mol. The number of anilines is 1. The minimum atomic E-state index is -4.65. The van der Waals surface area contributed by atoms with E-state index in [0.717, 1.165) is 18.6 Å². The Morgan fingerprint density at radius 2 is 1.93 bits per heavy atom. The Morgan fingerprint density at radius 3 is 2.48 bits per heavy atom. The summed E-state index contributed by atoms with van der Waals surface area (Å²) in [5.41, 5.74) is 1.69. The van der Waals surface area contributed by atoms with Crippen LogP contribution in [-0.2, 0) is 20.5 Å². The van der Waals surface area contributed by atoms with Gasteiger partial charge in [0.05, 0.1) is 17.7 Å². The van der Waals surface area contributed by atoms with Gasteiger partial charge < -0.3 is 4.74 Å². The predicted octanol–water partition coefficient (Wildman–Crippen LogP) is 3.83. The highest BCUT2D eigenvalue weighted by Crippen LogP contribution is 2.34. The standard InChI is InChI=1S/C17H19ClF3N3O3/c1-9(2)6-7-27-8-11-10(3)15(25)24(16(11)26)23-13-5-4-12(14(18)22-13)17(19,20)21/h4-5,9H,6-8H2,1-3H3,(H,22,23). The van der Waals surface area contributed by atoms with Crippen LogP contribution in [0, 0.1) is 5.92 Å². The van der Waals surface area contributed by atoms with Gasteiger partial charge in [-0.05, 0) is 31.4 Å². The first-order valence-corrected chi connectivity index (χ1v) is 8.56. The van der Waals surface area contributed by atoms with E-state index in [1.165, 1.54) is 6.92 Å². The predicted molar refractivity (Wildman–Crippen MR) is 92.7 cm³/mol. The highest BCUT2D eigenvalue weighted by Gasteiger charge is 2.37. The van der Waals surface area contributed by atoms with Crippen molar-refractivity contribution in [3.63, 3.8) is 0 Å². The summed E-state index contributed by atoms with van der Waals surface area (Å²) in [5.74, 6) is -0.987. The Labute approximate surface area is 159 Å². The van der Waals surface area contributed by atoms with Crippen molar-refractivity contribution in [1.82, 2.24) is 9.99 Å². The molecule has 1 aliphatic rings. The number of alkyl halides is 3. The number of nitrogens with zero attached hydrogens (tertiary/aromatic N) is 2. The number of carbonyl (C=O) groups is 2. The lowest BCUT2D eigenvalue weighted by molar-refractivity contribution is -0.138.